The summed E-state index contributed by atoms with van der Waals surface area (Å²) in [5.74, 6) is -0.810. The number of carbonyl (C=O) groups is 1. The first-order valence-electron chi connectivity index (χ1n) is 9.34. The molecule has 0 bridgehead atoms. The molecule has 0 saturated heterocycles. The lowest BCUT2D eigenvalue weighted by Gasteiger charge is -2.13. The highest BCUT2D eigenvalue weighted by Crippen LogP contribution is 2.24. The largest absolute Gasteiger partial charge is 0.345 e. The highest BCUT2D eigenvalue weighted by atomic mass is 35.5. The Hall–Kier alpha value is -3.43. The maximum Gasteiger partial charge on any atom is 0.262 e. The summed E-state index contributed by atoms with van der Waals surface area (Å²) in [6.07, 6.45) is 1.44. The molecule has 1 atom stereocenters. The molecule has 1 unspecified atom stereocenters. The van der Waals surface area contributed by atoms with Gasteiger partial charge in [-0.1, -0.05) is 54.1 Å². The van der Waals surface area contributed by atoms with Gasteiger partial charge in [0.05, 0.1) is 18.3 Å². The zero-order valence-corrected chi connectivity index (χ0v) is 17.3. The van der Waals surface area contributed by atoms with E-state index < -0.39 is 5.91 Å². The van der Waals surface area contributed by atoms with Gasteiger partial charge >= 0.3 is 0 Å². The van der Waals surface area contributed by atoms with Gasteiger partial charge in [0.1, 0.15) is 22.6 Å². The molecule has 0 aliphatic heterocycles. The molecule has 0 radical (unpaired) electrons. The SMILES string of the molecule is Cc1nn(Cc2ccc(F)cc2)c(Cl)c1/C=C(\C#N)C(=O)NC(C)c1ccccc1. The number of aromatic nitrogens is 2. The summed E-state index contributed by atoms with van der Waals surface area (Å²) in [6.45, 7) is 3.94. The number of rotatable bonds is 6. The van der Waals surface area contributed by atoms with E-state index in [2.05, 4.69) is 10.4 Å². The normalized spacial score (nSPS) is 12.3. The Morgan fingerprint density at radius 1 is 1.27 bits per heavy atom. The van der Waals surface area contributed by atoms with Crippen molar-refractivity contribution in [1.29, 1.82) is 5.26 Å². The smallest absolute Gasteiger partial charge is 0.262 e. The van der Waals surface area contributed by atoms with Crippen molar-refractivity contribution in [2.75, 3.05) is 0 Å². The van der Waals surface area contributed by atoms with Crippen molar-refractivity contribution in [3.8, 4) is 6.07 Å². The molecule has 7 heteroatoms. The second-order valence-electron chi connectivity index (χ2n) is 6.85. The Balaban J connectivity index is 1.81. The van der Waals surface area contributed by atoms with Crippen LogP contribution in [0.4, 0.5) is 4.39 Å². The van der Waals surface area contributed by atoms with Crippen molar-refractivity contribution in [1.82, 2.24) is 15.1 Å². The minimum atomic E-state index is -0.490. The zero-order valence-electron chi connectivity index (χ0n) is 16.6. The number of nitrogens with zero attached hydrogens (tertiary/aromatic N) is 3. The molecule has 2 aromatic carbocycles. The van der Waals surface area contributed by atoms with Gasteiger partial charge in [-0.25, -0.2) is 9.07 Å². The van der Waals surface area contributed by atoms with Gasteiger partial charge in [-0.2, -0.15) is 10.4 Å². The Kier molecular flexibility index (Phi) is 6.65. The van der Waals surface area contributed by atoms with Crippen LogP contribution in [0.1, 0.15) is 35.3 Å². The molecule has 0 spiro atoms. The third kappa shape index (κ3) is 4.94. The van der Waals surface area contributed by atoms with Crippen molar-refractivity contribution in [3.63, 3.8) is 0 Å². The second-order valence-corrected chi connectivity index (χ2v) is 7.21. The van der Waals surface area contributed by atoms with Crippen LogP contribution in [-0.4, -0.2) is 15.7 Å². The summed E-state index contributed by atoms with van der Waals surface area (Å²) in [6, 6.07) is 17.2. The summed E-state index contributed by atoms with van der Waals surface area (Å²) < 4.78 is 14.7. The average Bonchev–Trinajstić information content (AvgIpc) is 3.01. The molecule has 0 aliphatic rings. The molecule has 152 valence electrons. The number of nitriles is 1. The maximum atomic E-state index is 13.1. The Labute approximate surface area is 179 Å². The number of halogens is 2. The predicted octanol–water partition coefficient (Wildman–Crippen LogP) is 4.82. The van der Waals surface area contributed by atoms with Crippen LogP contribution in [0.5, 0.6) is 0 Å². The highest BCUT2D eigenvalue weighted by molar-refractivity contribution is 6.31. The third-order valence-electron chi connectivity index (χ3n) is 4.66. The van der Waals surface area contributed by atoms with E-state index in [0.29, 0.717) is 23.0 Å². The van der Waals surface area contributed by atoms with Crippen LogP contribution in [0.3, 0.4) is 0 Å². The molecule has 1 N–H and O–H groups in total. The van der Waals surface area contributed by atoms with Crippen molar-refractivity contribution in [3.05, 3.63) is 93.5 Å². The predicted molar refractivity (Wildman–Crippen MR) is 114 cm³/mol. The fourth-order valence-corrected chi connectivity index (χ4v) is 3.28. The molecule has 0 fully saturated rings. The first kappa shape index (κ1) is 21.3. The highest BCUT2D eigenvalue weighted by Gasteiger charge is 2.18. The number of hydrogen-bond acceptors (Lipinski definition) is 3. The maximum absolute atomic E-state index is 13.1. The molecule has 3 rings (SSSR count). The minimum Gasteiger partial charge on any atom is -0.345 e. The summed E-state index contributed by atoms with van der Waals surface area (Å²) >= 11 is 6.46. The van der Waals surface area contributed by atoms with Crippen LogP contribution in [0, 0.1) is 24.1 Å². The number of benzene rings is 2. The van der Waals surface area contributed by atoms with Crippen LogP contribution in [0.15, 0.2) is 60.2 Å². The molecule has 1 amide bonds. The number of aryl methyl sites for hydroxylation is 1. The van der Waals surface area contributed by atoms with Crippen molar-refractivity contribution in [2.24, 2.45) is 0 Å². The molecular weight excluding hydrogens is 403 g/mol. The molecule has 5 nitrogen and oxygen atoms in total. The van der Waals surface area contributed by atoms with Gasteiger partial charge in [-0.3, -0.25) is 4.79 Å². The van der Waals surface area contributed by atoms with Crippen molar-refractivity contribution < 1.29 is 9.18 Å². The monoisotopic (exact) mass is 422 g/mol. The number of amides is 1. The molecule has 3 aromatic rings. The van der Waals surface area contributed by atoms with Gasteiger partial charge in [0.25, 0.3) is 5.91 Å². The minimum absolute atomic E-state index is 0.0656. The van der Waals surface area contributed by atoms with Crippen molar-refractivity contribution >= 4 is 23.6 Å². The van der Waals surface area contributed by atoms with E-state index in [-0.39, 0.29) is 17.4 Å². The molecular formula is C23H20ClFN4O. The molecule has 1 heterocycles. The van der Waals surface area contributed by atoms with Gasteiger partial charge in [-0.15, -0.1) is 0 Å². The standard InChI is InChI=1S/C23H20ClFN4O/c1-15(18-6-4-3-5-7-18)27-23(30)19(13-26)12-21-16(2)28-29(22(21)24)14-17-8-10-20(25)11-9-17/h3-12,15H,14H2,1-2H3,(H,27,30)/b19-12+. The van der Waals surface area contributed by atoms with E-state index >= 15 is 0 Å². The topological polar surface area (TPSA) is 70.7 Å². The number of nitrogens with one attached hydrogen (secondary N) is 1. The van der Waals surface area contributed by atoms with E-state index in [9.17, 15) is 14.4 Å². The van der Waals surface area contributed by atoms with Gasteiger partial charge in [0.2, 0.25) is 0 Å². The first-order valence-corrected chi connectivity index (χ1v) is 9.71. The quantitative estimate of drug-likeness (QED) is 0.457. The van der Waals surface area contributed by atoms with E-state index in [1.807, 2.05) is 43.3 Å². The molecule has 30 heavy (non-hydrogen) atoms. The second kappa shape index (κ2) is 9.38. The molecule has 0 aliphatic carbocycles. The van der Waals surface area contributed by atoms with Crippen LogP contribution in [0.25, 0.3) is 6.08 Å². The van der Waals surface area contributed by atoms with Gasteiger partial charge in [0, 0.05) is 5.56 Å². The number of carbonyl (C=O) groups excluding carboxylic acids is 1. The van der Waals surface area contributed by atoms with Crippen LogP contribution in [-0.2, 0) is 11.3 Å². The van der Waals surface area contributed by atoms with Gasteiger partial charge < -0.3 is 5.32 Å². The van der Waals surface area contributed by atoms with Crippen LogP contribution >= 0.6 is 11.6 Å². The Morgan fingerprint density at radius 2 is 1.93 bits per heavy atom. The Morgan fingerprint density at radius 3 is 2.57 bits per heavy atom. The van der Waals surface area contributed by atoms with Crippen molar-refractivity contribution in [2.45, 2.75) is 26.4 Å². The average molecular weight is 423 g/mol. The Bertz CT molecular complexity index is 1110. The van der Waals surface area contributed by atoms with Crippen LogP contribution < -0.4 is 5.32 Å². The summed E-state index contributed by atoms with van der Waals surface area (Å²) in [7, 11) is 0. The van der Waals surface area contributed by atoms with E-state index in [0.717, 1.165) is 11.1 Å². The van der Waals surface area contributed by atoms with Gasteiger partial charge in [0.15, 0.2) is 0 Å². The van der Waals surface area contributed by atoms with E-state index in [4.69, 9.17) is 11.6 Å². The lowest BCUT2D eigenvalue weighted by molar-refractivity contribution is -0.117. The lowest BCUT2D eigenvalue weighted by Crippen LogP contribution is -2.27. The lowest BCUT2D eigenvalue weighted by atomic mass is 10.1. The molecule has 1 aromatic heterocycles. The van der Waals surface area contributed by atoms with Gasteiger partial charge in [-0.05, 0) is 43.2 Å². The summed E-state index contributed by atoms with van der Waals surface area (Å²) in [4.78, 5) is 12.6. The first-order chi connectivity index (χ1) is 14.4. The number of hydrogen-bond donors (Lipinski definition) is 1. The zero-order chi connectivity index (χ0) is 21.7. The van der Waals surface area contributed by atoms with E-state index in [1.54, 1.807) is 23.7 Å². The fourth-order valence-electron chi connectivity index (χ4n) is 2.99. The van der Waals surface area contributed by atoms with Crippen LogP contribution in [0.2, 0.25) is 5.15 Å². The summed E-state index contributed by atoms with van der Waals surface area (Å²) in [5.41, 5.74) is 2.77. The third-order valence-corrected chi connectivity index (χ3v) is 5.05. The summed E-state index contributed by atoms with van der Waals surface area (Å²) in [5, 5.41) is 17.0. The fraction of sp³-hybridized carbons (Fsp3) is 0.174. The molecule has 0 saturated carbocycles. The van der Waals surface area contributed by atoms with E-state index in [1.165, 1.54) is 18.2 Å².